The van der Waals surface area contributed by atoms with E-state index in [9.17, 15) is 13.5 Å². The Morgan fingerprint density at radius 1 is 1.10 bits per heavy atom. The van der Waals surface area contributed by atoms with E-state index in [1.54, 1.807) is 16.4 Å². The van der Waals surface area contributed by atoms with Crippen LogP contribution in [-0.4, -0.2) is 65.5 Å². The highest BCUT2D eigenvalue weighted by Gasteiger charge is 2.38. The molecule has 0 aliphatic carbocycles. The SMILES string of the molecule is CC1CC(C)(C)n2c(O)c(N=Nc3nc(-c4ccc(Br)cc4)cs3)c3cc(S(=O)(=O)N4CCN(C)CC4)cc1c32. The van der Waals surface area contributed by atoms with Gasteiger partial charge in [0, 0.05) is 52.5 Å². The van der Waals surface area contributed by atoms with Crippen LogP contribution in [0.2, 0.25) is 0 Å². The molecule has 0 bridgehead atoms. The smallest absolute Gasteiger partial charge is 0.243 e. The van der Waals surface area contributed by atoms with Crippen molar-refractivity contribution < 1.29 is 13.5 Å². The number of sulfonamides is 1. The van der Waals surface area contributed by atoms with Crippen molar-refractivity contribution in [2.75, 3.05) is 33.2 Å². The van der Waals surface area contributed by atoms with Gasteiger partial charge in [-0.25, -0.2) is 13.4 Å². The molecule has 1 atom stereocenters. The van der Waals surface area contributed by atoms with Gasteiger partial charge in [-0.2, -0.15) is 4.31 Å². The van der Waals surface area contributed by atoms with Crippen molar-refractivity contribution in [3.63, 3.8) is 0 Å². The highest BCUT2D eigenvalue weighted by Crippen LogP contribution is 2.51. The van der Waals surface area contributed by atoms with Crippen molar-refractivity contribution in [3.05, 3.63) is 51.8 Å². The summed E-state index contributed by atoms with van der Waals surface area (Å²) in [7, 11) is -1.73. The van der Waals surface area contributed by atoms with Gasteiger partial charge in [0.2, 0.25) is 21.0 Å². The number of halogens is 1. The van der Waals surface area contributed by atoms with Crippen molar-refractivity contribution in [2.24, 2.45) is 10.2 Å². The van der Waals surface area contributed by atoms with Crippen LogP contribution in [0.15, 0.2) is 61.4 Å². The maximum atomic E-state index is 13.8. The molecule has 210 valence electrons. The first-order valence-corrected chi connectivity index (χ1v) is 16.3. The Labute approximate surface area is 246 Å². The molecule has 4 aromatic rings. The molecular formula is C28H31BrN6O3S2. The van der Waals surface area contributed by atoms with Gasteiger partial charge in [-0.3, -0.25) is 0 Å². The second-order valence-electron chi connectivity index (χ2n) is 11.3. The Kier molecular flexibility index (Phi) is 6.89. The summed E-state index contributed by atoms with van der Waals surface area (Å²) in [4.78, 5) is 6.96. The Bertz CT molecular complexity index is 1740. The topological polar surface area (TPSA) is 103 Å². The molecule has 1 fully saturated rings. The van der Waals surface area contributed by atoms with E-state index in [4.69, 9.17) is 0 Å². The van der Waals surface area contributed by atoms with E-state index in [-0.39, 0.29) is 22.4 Å². The quantitative estimate of drug-likeness (QED) is 0.240. The van der Waals surface area contributed by atoms with Crippen molar-refractivity contribution >= 4 is 59.0 Å². The average Bonchev–Trinajstić information content (AvgIpc) is 3.49. The van der Waals surface area contributed by atoms with Gasteiger partial charge in [-0.05, 0) is 63.1 Å². The molecule has 0 amide bonds. The molecule has 40 heavy (non-hydrogen) atoms. The van der Waals surface area contributed by atoms with Gasteiger partial charge in [-0.15, -0.1) is 21.6 Å². The molecule has 1 saturated heterocycles. The van der Waals surface area contributed by atoms with Gasteiger partial charge >= 0.3 is 0 Å². The first-order chi connectivity index (χ1) is 19.0. The Morgan fingerprint density at radius 2 is 1.80 bits per heavy atom. The first kappa shape index (κ1) is 27.5. The summed E-state index contributed by atoms with van der Waals surface area (Å²) in [5.74, 6) is 0.0786. The standard InChI is InChI=1S/C28H31BrN6O3S2/c1-17-15-28(2,3)35-25-21(17)13-20(40(37,38)34-11-9-33(4)10-12-34)14-22(25)24(26(35)36)31-32-27-30-23(16-39-27)18-5-7-19(29)8-6-18/h5-8,13-14,16-17,36H,9-12,15H2,1-4H3. The Morgan fingerprint density at radius 3 is 2.50 bits per heavy atom. The molecule has 1 unspecified atom stereocenters. The number of nitrogens with zero attached hydrogens (tertiary/aromatic N) is 6. The molecule has 12 heteroatoms. The maximum absolute atomic E-state index is 13.8. The van der Waals surface area contributed by atoms with Crippen LogP contribution in [0.1, 0.15) is 38.7 Å². The summed E-state index contributed by atoms with van der Waals surface area (Å²) in [6, 6.07) is 11.3. The van der Waals surface area contributed by atoms with Gasteiger partial charge in [0.15, 0.2) is 5.69 Å². The molecule has 0 radical (unpaired) electrons. The van der Waals surface area contributed by atoms with Crippen LogP contribution in [0, 0.1) is 0 Å². The number of azo groups is 1. The average molecular weight is 644 g/mol. The highest BCUT2D eigenvalue weighted by atomic mass is 79.9. The molecule has 9 nitrogen and oxygen atoms in total. The van der Waals surface area contributed by atoms with Crippen molar-refractivity contribution in [1.29, 1.82) is 0 Å². The number of rotatable bonds is 5. The molecule has 0 saturated carbocycles. The van der Waals surface area contributed by atoms with E-state index in [1.807, 2.05) is 41.3 Å². The van der Waals surface area contributed by atoms with E-state index in [0.717, 1.165) is 33.2 Å². The van der Waals surface area contributed by atoms with Gasteiger partial charge in [0.05, 0.1) is 16.1 Å². The number of hydrogen-bond donors (Lipinski definition) is 1. The van der Waals surface area contributed by atoms with Gasteiger partial charge in [0.25, 0.3) is 0 Å². The van der Waals surface area contributed by atoms with Crippen molar-refractivity contribution in [2.45, 2.75) is 43.5 Å². The third-order valence-electron chi connectivity index (χ3n) is 7.92. The van der Waals surface area contributed by atoms with Crippen LogP contribution in [0.4, 0.5) is 10.8 Å². The first-order valence-electron chi connectivity index (χ1n) is 13.2. The number of aromatic hydroxyl groups is 1. The fraction of sp³-hybridized carbons (Fsp3) is 0.393. The lowest BCUT2D eigenvalue weighted by Crippen LogP contribution is -2.47. The summed E-state index contributed by atoms with van der Waals surface area (Å²) in [6.45, 7) is 8.52. The lowest BCUT2D eigenvalue weighted by molar-refractivity contribution is 0.222. The Hall–Kier alpha value is -2.64. The van der Waals surface area contributed by atoms with Crippen LogP contribution in [-0.2, 0) is 15.6 Å². The zero-order valence-electron chi connectivity index (χ0n) is 22.8. The van der Waals surface area contributed by atoms with Gasteiger partial charge in [0.1, 0.15) is 0 Å². The third-order valence-corrected chi connectivity index (χ3v) is 11.1. The lowest BCUT2D eigenvalue weighted by Gasteiger charge is -2.37. The van der Waals surface area contributed by atoms with Gasteiger partial charge in [-0.1, -0.05) is 35.0 Å². The van der Waals surface area contributed by atoms with Crippen LogP contribution in [0.5, 0.6) is 5.88 Å². The minimum atomic E-state index is -3.73. The molecule has 2 aromatic carbocycles. The third kappa shape index (κ3) is 4.69. The molecule has 4 heterocycles. The predicted molar refractivity (Wildman–Crippen MR) is 162 cm³/mol. The molecule has 6 rings (SSSR count). The molecule has 2 aliphatic heterocycles. The van der Waals surface area contributed by atoms with Crippen molar-refractivity contribution in [1.82, 2.24) is 18.8 Å². The number of benzene rings is 2. The summed E-state index contributed by atoms with van der Waals surface area (Å²) in [5, 5.41) is 23.3. The van der Waals surface area contributed by atoms with Crippen LogP contribution in [0.25, 0.3) is 22.2 Å². The van der Waals surface area contributed by atoms with E-state index in [1.165, 1.54) is 11.3 Å². The van der Waals surface area contributed by atoms with E-state index in [0.29, 0.717) is 36.7 Å². The molecular weight excluding hydrogens is 612 g/mol. The molecule has 1 N–H and O–H groups in total. The zero-order valence-corrected chi connectivity index (χ0v) is 26.0. The summed E-state index contributed by atoms with van der Waals surface area (Å²) in [6.07, 6.45) is 0.745. The van der Waals surface area contributed by atoms with Crippen LogP contribution in [0.3, 0.4) is 0 Å². The Balaban J connectivity index is 1.46. The molecule has 0 spiro atoms. The number of likely N-dealkylation sites (N-methyl/N-ethyl adjacent to an activating group) is 1. The minimum absolute atomic E-state index is 0.0178. The van der Waals surface area contributed by atoms with Crippen LogP contribution >= 0.6 is 27.3 Å². The number of hydrogen-bond acceptors (Lipinski definition) is 8. The fourth-order valence-electron chi connectivity index (χ4n) is 5.89. The zero-order chi connectivity index (χ0) is 28.4. The summed E-state index contributed by atoms with van der Waals surface area (Å²) >= 11 is 4.81. The summed E-state index contributed by atoms with van der Waals surface area (Å²) < 4.78 is 32.0. The fourth-order valence-corrected chi connectivity index (χ4v) is 8.28. The van der Waals surface area contributed by atoms with Gasteiger partial charge < -0.3 is 14.6 Å². The monoisotopic (exact) mass is 642 g/mol. The predicted octanol–water partition coefficient (Wildman–Crippen LogP) is 6.83. The molecule has 2 aliphatic rings. The highest BCUT2D eigenvalue weighted by molar-refractivity contribution is 9.10. The van der Waals surface area contributed by atoms with Crippen LogP contribution < -0.4 is 0 Å². The number of piperazine rings is 1. The number of thiazole rings is 1. The molecule has 2 aromatic heterocycles. The van der Waals surface area contributed by atoms with E-state index in [2.05, 4.69) is 56.8 Å². The normalized spacial score (nSPS) is 20.1. The van der Waals surface area contributed by atoms with Crippen molar-refractivity contribution in [3.8, 4) is 17.1 Å². The second-order valence-corrected chi connectivity index (χ2v) is 15.0. The van der Waals surface area contributed by atoms with E-state index >= 15 is 0 Å². The lowest BCUT2D eigenvalue weighted by atomic mass is 9.82. The number of aromatic nitrogens is 2. The van der Waals surface area contributed by atoms with E-state index < -0.39 is 15.6 Å². The largest absolute Gasteiger partial charge is 0.493 e. The summed E-state index contributed by atoms with van der Waals surface area (Å²) in [5.41, 5.74) is 3.32. The minimum Gasteiger partial charge on any atom is -0.493 e. The second kappa shape index (κ2) is 10.0. The maximum Gasteiger partial charge on any atom is 0.243 e.